The normalized spacial score (nSPS) is 28.2. The van der Waals surface area contributed by atoms with Crippen molar-refractivity contribution < 1.29 is 4.39 Å². The Hall–Kier alpha value is -1.41. The predicted molar refractivity (Wildman–Crippen MR) is 121 cm³/mol. The second-order valence-electron chi connectivity index (χ2n) is 9.31. The van der Waals surface area contributed by atoms with Gasteiger partial charge in [-0.2, -0.15) is 0 Å². The van der Waals surface area contributed by atoms with Crippen LogP contribution in [-0.2, 0) is 0 Å². The molecular formula is C26H35FSi. The number of hydrogen-bond acceptors (Lipinski definition) is 0. The Morgan fingerprint density at radius 1 is 0.786 bits per heavy atom. The maximum atomic E-state index is 13.1. The highest BCUT2D eigenvalue weighted by molar-refractivity contribution is 6.60. The lowest BCUT2D eigenvalue weighted by molar-refractivity contribution is 0.332. The Bertz CT molecular complexity index is 720. The summed E-state index contributed by atoms with van der Waals surface area (Å²) in [6.07, 6.45) is 11.8. The zero-order chi connectivity index (χ0) is 19.3. The van der Waals surface area contributed by atoms with Gasteiger partial charge in [-0.25, -0.2) is 4.39 Å². The third-order valence-corrected chi connectivity index (χ3v) is 11.7. The number of rotatable bonds is 5. The summed E-state index contributed by atoms with van der Waals surface area (Å²) in [5.74, 6) is 1.65. The summed E-state index contributed by atoms with van der Waals surface area (Å²) in [5, 5.41) is 0. The lowest BCUT2D eigenvalue weighted by Crippen LogP contribution is -2.29. The van der Waals surface area contributed by atoms with Gasteiger partial charge in [-0.3, -0.25) is 0 Å². The molecular weight excluding hydrogens is 359 g/mol. The molecule has 0 amide bonds. The molecule has 28 heavy (non-hydrogen) atoms. The molecule has 2 fully saturated rings. The average molecular weight is 395 g/mol. The minimum Gasteiger partial charge on any atom is -0.207 e. The van der Waals surface area contributed by atoms with E-state index in [1.165, 1.54) is 49.7 Å². The first-order valence-electron chi connectivity index (χ1n) is 11.6. The van der Waals surface area contributed by atoms with E-state index in [9.17, 15) is 4.39 Å². The number of benzene rings is 2. The van der Waals surface area contributed by atoms with Crippen molar-refractivity contribution in [2.45, 2.75) is 81.8 Å². The summed E-state index contributed by atoms with van der Waals surface area (Å²) in [7, 11) is -0.516. The first-order chi connectivity index (χ1) is 13.7. The van der Waals surface area contributed by atoms with Gasteiger partial charge in [0.1, 0.15) is 5.82 Å². The second-order valence-corrected chi connectivity index (χ2v) is 12.9. The summed E-state index contributed by atoms with van der Waals surface area (Å²) < 4.78 is 13.1. The summed E-state index contributed by atoms with van der Waals surface area (Å²) >= 11 is 0. The highest BCUT2D eigenvalue weighted by Crippen LogP contribution is 2.44. The molecule has 0 nitrogen and oxygen atoms in total. The third kappa shape index (κ3) is 4.76. The standard InChI is InChI=1S/C26H35FSi/c1-2-3-20-4-14-26(15-5-20)28-18-16-24(17-19-28)22-8-6-21(7-9-22)23-10-12-25(27)13-11-23/h6-13,20,24,26,28H,2-5,14-19H2,1H3. The lowest BCUT2D eigenvalue weighted by atomic mass is 9.86. The minimum atomic E-state index is -0.516. The van der Waals surface area contributed by atoms with E-state index in [4.69, 9.17) is 0 Å². The van der Waals surface area contributed by atoms with Crippen LogP contribution in [0.1, 0.15) is 69.8 Å². The highest BCUT2D eigenvalue weighted by Gasteiger charge is 2.31. The topological polar surface area (TPSA) is 0 Å². The van der Waals surface area contributed by atoms with Gasteiger partial charge in [0.2, 0.25) is 0 Å². The van der Waals surface area contributed by atoms with Crippen LogP contribution in [0.15, 0.2) is 48.5 Å². The zero-order valence-electron chi connectivity index (χ0n) is 17.4. The van der Waals surface area contributed by atoms with Crippen LogP contribution in [0, 0.1) is 11.7 Å². The van der Waals surface area contributed by atoms with E-state index in [1.807, 2.05) is 12.1 Å². The van der Waals surface area contributed by atoms with Crippen LogP contribution in [0.4, 0.5) is 4.39 Å². The van der Waals surface area contributed by atoms with Crippen molar-refractivity contribution in [3.63, 3.8) is 0 Å². The fraction of sp³-hybridized carbons (Fsp3) is 0.538. The molecule has 0 spiro atoms. The molecule has 0 N–H and O–H groups in total. The van der Waals surface area contributed by atoms with Crippen molar-refractivity contribution in [3.05, 3.63) is 59.9 Å². The molecule has 1 heterocycles. The second kappa shape index (κ2) is 9.39. The van der Waals surface area contributed by atoms with Gasteiger partial charge >= 0.3 is 0 Å². The van der Waals surface area contributed by atoms with Crippen LogP contribution in [0.5, 0.6) is 0 Å². The quantitative estimate of drug-likeness (QED) is 0.451. The number of hydrogen-bond donors (Lipinski definition) is 0. The van der Waals surface area contributed by atoms with E-state index in [-0.39, 0.29) is 5.82 Å². The van der Waals surface area contributed by atoms with E-state index < -0.39 is 8.80 Å². The van der Waals surface area contributed by atoms with Crippen LogP contribution in [0.25, 0.3) is 11.1 Å². The Balaban J connectivity index is 1.30. The smallest absolute Gasteiger partial charge is 0.123 e. The van der Waals surface area contributed by atoms with Crippen LogP contribution >= 0.6 is 0 Å². The minimum absolute atomic E-state index is 0.167. The molecule has 1 aliphatic carbocycles. The molecule has 0 radical (unpaired) electrons. The van der Waals surface area contributed by atoms with Crippen molar-refractivity contribution in [2.75, 3.05) is 0 Å². The summed E-state index contributed by atoms with van der Waals surface area (Å²) in [6.45, 7) is 2.34. The van der Waals surface area contributed by atoms with Gasteiger partial charge in [0.15, 0.2) is 0 Å². The first kappa shape index (κ1) is 19.9. The van der Waals surface area contributed by atoms with Gasteiger partial charge in [0, 0.05) is 8.80 Å². The summed E-state index contributed by atoms with van der Waals surface area (Å²) in [6, 6.07) is 19.0. The van der Waals surface area contributed by atoms with Crippen LogP contribution < -0.4 is 0 Å². The van der Waals surface area contributed by atoms with E-state index >= 15 is 0 Å². The van der Waals surface area contributed by atoms with Crippen molar-refractivity contribution in [1.29, 1.82) is 0 Å². The Morgan fingerprint density at radius 3 is 1.93 bits per heavy atom. The lowest BCUT2D eigenvalue weighted by Gasteiger charge is -2.37. The van der Waals surface area contributed by atoms with E-state index in [1.54, 1.807) is 37.1 Å². The van der Waals surface area contributed by atoms with Gasteiger partial charge in [0.25, 0.3) is 0 Å². The third-order valence-electron chi connectivity index (χ3n) is 7.59. The van der Waals surface area contributed by atoms with Crippen LogP contribution in [0.3, 0.4) is 0 Å². The van der Waals surface area contributed by atoms with E-state index in [2.05, 4.69) is 31.2 Å². The molecule has 1 aliphatic heterocycles. The fourth-order valence-electron chi connectivity index (χ4n) is 5.87. The summed E-state index contributed by atoms with van der Waals surface area (Å²) in [4.78, 5) is 0. The molecule has 2 aliphatic rings. The maximum absolute atomic E-state index is 13.1. The molecule has 2 aromatic rings. The van der Waals surface area contributed by atoms with Crippen molar-refractivity contribution in [1.82, 2.24) is 0 Å². The predicted octanol–water partition coefficient (Wildman–Crippen LogP) is 7.96. The highest BCUT2D eigenvalue weighted by atomic mass is 28.3. The maximum Gasteiger partial charge on any atom is 0.123 e. The molecule has 2 aromatic carbocycles. The molecule has 1 saturated carbocycles. The van der Waals surface area contributed by atoms with Crippen molar-refractivity contribution >= 4 is 8.80 Å². The zero-order valence-corrected chi connectivity index (χ0v) is 18.5. The van der Waals surface area contributed by atoms with Gasteiger partial charge in [0.05, 0.1) is 0 Å². The largest absolute Gasteiger partial charge is 0.207 e. The molecule has 0 bridgehead atoms. The van der Waals surface area contributed by atoms with Crippen molar-refractivity contribution in [3.8, 4) is 11.1 Å². The molecule has 0 unspecified atom stereocenters. The first-order valence-corrected chi connectivity index (χ1v) is 13.9. The van der Waals surface area contributed by atoms with Gasteiger partial charge in [-0.15, -0.1) is 0 Å². The van der Waals surface area contributed by atoms with Crippen molar-refractivity contribution in [2.24, 2.45) is 5.92 Å². The van der Waals surface area contributed by atoms with Gasteiger partial charge in [-0.1, -0.05) is 93.9 Å². The SMILES string of the molecule is CCCC1CCC([SiH]2CCC(c3ccc(-c4ccc(F)cc4)cc3)CC2)CC1. The molecule has 0 atom stereocenters. The molecule has 4 rings (SSSR count). The molecule has 1 saturated heterocycles. The fourth-order valence-corrected chi connectivity index (χ4v) is 10.1. The Kier molecular flexibility index (Phi) is 6.67. The Morgan fingerprint density at radius 2 is 1.36 bits per heavy atom. The number of halogens is 1. The molecule has 0 aromatic heterocycles. The van der Waals surface area contributed by atoms with Crippen LogP contribution in [-0.4, -0.2) is 8.80 Å². The monoisotopic (exact) mass is 394 g/mol. The van der Waals surface area contributed by atoms with E-state index in [0.717, 1.165) is 22.9 Å². The van der Waals surface area contributed by atoms with Gasteiger partial charge in [-0.05, 0) is 59.0 Å². The van der Waals surface area contributed by atoms with E-state index in [0.29, 0.717) is 0 Å². The van der Waals surface area contributed by atoms with Gasteiger partial charge < -0.3 is 0 Å². The van der Waals surface area contributed by atoms with Crippen LogP contribution in [0.2, 0.25) is 17.6 Å². The average Bonchev–Trinajstić information content (AvgIpc) is 2.75. The Labute approximate surface area is 172 Å². The summed E-state index contributed by atoms with van der Waals surface area (Å²) in [5.41, 5.74) is 4.96. The molecule has 150 valence electrons. The molecule has 2 heteroatoms.